The maximum atomic E-state index is 5.84. The second kappa shape index (κ2) is 3.40. The highest BCUT2D eigenvalue weighted by Gasteiger charge is 2.03. The van der Waals surface area contributed by atoms with Gasteiger partial charge >= 0.3 is 0 Å². The zero-order valence-electron chi connectivity index (χ0n) is 7.58. The molecule has 0 aliphatic carbocycles. The number of fused-ring (bicyclic) bond motifs is 1. The van der Waals surface area contributed by atoms with Gasteiger partial charge in [-0.1, -0.05) is 11.6 Å². The van der Waals surface area contributed by atoms with Gasteiger partial charge in [-0.05, 0) is 25.1 Å². The highest BCUT2D eigenvalue weighted by molar-refractivity contribution is 6.31. The second-order valence-electron chi connectivity index (χ2n) is 2.93. The molecule has 0 fully saturated rings. The summed E-state index contributed by atoms with van der Waals surface area (Å²) < 4.78 is 0. The highest BCUT2D eigenvalue weighted by Crippen LogP contribution is 2.19. The minimum absolute atomic E-state index is 0.583. The van der Waals surface area contributed by atoms with Gasteiger partial charge in [-0.3, -0.25) is 0 Å². The van der Waals surface area contributed by atoms with Gasteiger partial charge in [0.1, 0.15) is 0 Å². The van der Waals surface area contributed by atoms with Crippen molar-refractivity contribution in [3.05, 3.63) is 28.9 Å². The maximum Gasteiger partial charge on any atom is 0.162 e. The third-order valence-electron chi connectivity index (χ3n) is 1.94. The molecule has 72 valence electrons. The topological polar surface area (TPSA) is 63.8 Å². The van der Waals surface area contributed by atoms with Crippen LogP contribution in [0.3, 0.4) is 0 Å². The molecular weight excluding hydrogens is 200 g/mol. The van der Waals surface area contributed by atoms with Crippen molar-refractivity contribution < 1.29 is 0 Å². The Balaban J connectivity index is 2.73. The number of rotatable bonds is 1. The number of aromatic nitrogens is 2. The van der Waals surface area contributed by atoms with Crippen molar-refractivity contribution in [2.45, 2.75) is 6.92 Å². The third-order valence-corrected chi connectivity index (χ3v) is 2.17. The first-order valence-corrected chi connectivity index (χ1v) is 4.49. The van der Waals surface area contributed by atoms with E-state index in [9.17, 15) is 0 Å². The van der Waals surface area contributed by atoms with E-state index in [4.69, 9.17) is 17.4 Å². The first-order valence-electron chi connectivity index (χ1n) is 4.11. The lowest BCUT2D eigenvalue weighted by Crippen LogP contribution is -2.11. The lowest BCUT2D eigenvalue weighted by atomic mass is 10.3. The predicted octanol–water partition coefficient (Wildman–Crippen LogP) is 1.88. The van der Waals surface area contributed by atoms with E-state index in [-0.39, 0.29) is 0 Å². The Hall–Kier alpha value is -1.39. The number of nitrogens with two attached hydrogens (primary N) is 1. The maximum absolute atomic E-state index is 5.84. The van der Waals surface area contributed by atoms with Gasteiger partial charge in [-0.2, -0.15) is 0 Å². The number of hydrogen-bond acceptors (Lipinski definition) is 4. The molecule has 5 heteroatoms. The summed E-state index contributed by atoms with van der Waals surface area (Å²) in [5.74, 6) is 5.88. The van der Waals surface area contributed by atoms with E-state index < -0.39 is 0 Å². The molecule has 0 bridgehead atoms. The first kappa shape index (κ1) is 9.18. The van der Waals surface area contributed by atoms with Gasteiger partial charge in [0.05, 0.1) is 16.7 Å². The molecule has 2 rings (SSSR count). The Morgan fingerprint density at radius 1 is 1.29 bits per heavy atom. The van der Waals surface area contributed by atoms with E-state index in [1.165, 1.54) is 0 Å². The average molecular weight is 209 g/mol. The van der Waals surface area contributed by atoms with Gasteiger partial charge in [0, 0.05) is 5.02 Å². The number of nitrogens with zero attached hydrogens (tertiary/aromatic N) is 2. The molecule has 2 aromatic rings. The summed E-state index contributed by atoms with van der Waals surface area (Å²) in [7, 11) is 0. The predicted molar refractivity (Wildman–Crippen MR) is 57.1 cm³/mol. The molecule has 1 aromatic heterocycles. The van der Waals surface area contributed by atoms with E-state index in [0.29, 0.717) is 10.8 Å². The SMILES string of the molecule is Cc1nc2cc(Cl)ccc2nc1NN. The molecular formula is C9H9ClN4. The number of aryl methyl sites for hydroxylation is 1. The molecule has 0 saturated carbocycles. The Morgan fingerprint density at radius 2 is 2.07 bits per heavy atom. The van der Waals surface area contributed by atoms with Crippen molar-refractivity contribution in [2.24, 2.45) is 5.84 Å². The molecule has 14 heavy (non-hydrogen) atoms. The van der Waals surface area contributed by atoms with Crippen LogP contribution in [0.4, 0.5) is 5.82 Å². The molecule has 0 atom stereocenters. The Bertz CT molecular complexity index is 483. The van der Waals surface area contributed by atoms with E-state index >= 15 is 0 Å². The third kappa shape index (κ3) is 1.49. The lowest BCUT2D eigenvalue weighted by molar-refractivity contribution is 1.14. The van der Waals surface area contributed by atoms with Crippen molar-refractivity contribution in [2.75, 3.05) is 5.43 Å². The van der Waals surface area contributed by atoms with Crippen LogP contribution in [0.1, 0.15) is 5.69 Å². The van der Waals surface area contributed by atoms with Crippen LogP contribution in [-0.2, 0) is 0 Å². The zero-order chi connectivity index (χ0) is 10.1. The molecule has 3 N–H and O–H groups in total. The fourth-order valence-electron chi connectivity index (χ4n) is 1.25. The number of anilines is 1. The highest BCUT2D eigenvalue weighted by atomic mass is 35.5. The molecule has 0 aliphatic heterocycles. The number of hydrazine groups is 1. The molecule has 1 aromatic carbocycles. The van der Waals surface area contributed by atoms with Crippen LogP contribution in [0.25, 0.3) is 11.0 Å². The van der Waals surface area contributed by atoms with Gasteiger partial charge < -0.3 is 5.43 Å². The van der Waals surface area contributed by atoms with Gasteiger partial charge in [0.25, 0.3) is 0 Å². The molecule has 0 saturated heterocycles. The summed E-state index contributed by atoms with van der Waals surface area (Å²) in [5, 5.41) is 0.652. The number of hydrogen-bond donors (Lipinski definition) is 2. The number of nitrogens with one attached hydrogen (secondary N) is 1. The fourth-order valence-corrected chi connectivity index (χ4v) is 1.42. The van der Waals surface area contributed by atoms with Crippen LogP contribution in [-0.4, -0.2) is 9.97 Å². The first-order chi connectivity index (χ1) is 6.70. The summed E-state index contributed by atoms with van der Waals surface area (Å²) in [4.78, 5) is 8.59. The largest absolute Gasteiger partial charge is 0.307 e. The molecule has 0 amide bonds. The van der Waals surface area contributed by atoms with Crippen LogP contribution in [0.15, 0.2) is 18.2 Å². The number of benzene rings is 1. The van der Waals surface area contributed by atoms with E-state index in [0.717, 1.165) is 16.7 Å². The summed E-state index contributed by atoms with van der Waals surface area (Å²) >= 11 is 5.84. The van der Waals surface area contributed by atoms with Crippen LogP contribution in [0.5, 0.6) is 0 Å². The van der Waals surface area contributed by atoms with Crippen molar-refractivity contribution in [1.82, 2.24) is 9.97 Å². The zero-order valence-corrected chi connectivity index (χ0v) is 8.34. The van der Waals surface area contributed by atoms with Gasteiger partial charge in [-0.25, -0.2) is 15.8 Å². The van der Waals surface area contributed by atoms with Crippen LogP contribution in [0.2, 0.25) is 5.02 Å². The minimum atomic E-state index is 0.583. The molecule has 1 heterocycles. The van der Waals surface area contributed by atoms with E-state index in [1.807, 2.05) is 13.0 Å². The monoisotopic (exact) mass is 208 g/mol. The Morgan fingerprint density at radius 3 is 2.79 bits per heavy atom. The summed E-state index contributed by atoms with van der Waals surface area (Å²) in [6, 6.07) is 5.36. The standard InChI is InChI=1S/C9H9ClN4/c1-5-9(14-11)13-7-3-2-6(10)4-8(7)12-5/h2-4H,11H2,1H3,(H,13,14). The smallest absolute Gasteiger partial charge is 0.162 e. The number of halogens is 1. The Labute approximate surface area is 86.1 Å². The van der Waals surface area contributed by atoms with Gasteiger partial charge in [0.2, 0.25) is 0 Å². The summed E-state index contributed by atoms with van der Waals surface area (Å²) in [6.45, 7) is 1.84. The van der Waals surface area contributed by atoms with Crippen molar-refractivity contribution in [1.29, 1.82) is 0 Å². The van der Waals surface area contributed by atoms with E-state index in [2.05, 4.69) is 15.4 Å². The average Bonchev–Trinajstić information content (AvgIpc) is 2.16. The number of nitrogen functional groups attached to an aromatic ring is 1. The van der Waals surface area contributed by atoms with E-state index in [1.54, 1.807) is 12.1 Å². The molecule has 0 aliphatic rings. The second-order valence-corrected chi connectivity index (χ2v) is 3.37. The minimum Gasteiger partial charge on any atom is -0.307 e. The van der Waals surface area contributed by atoms with Crippen molar-refractivity contribution in [3.8, 4) is 0 Å². The molecule has 4 nitrogen and oxygen atoms in total. The van der Waals surface area contributed by atoms with Crippen molar-refractivity contribution in [3.63, 3.8) is 0 Å². The van der Waals surface area contributed by atoms with Crippen LogP contribution < -0.4 is 11.3 Å². The van der Waals surface area contributed by atoms with Gasteiger partial charge in [0.15, 0.2) is 5.82 Å². The summed E-state index contributed by atoms with van der Waals surface area (Å²) in [6.07, 6.45) is 0. The summed E-state index contributed by atoms with van der Waals surface area (Å²) in [5.41, 5.74) is 4.79. The fraction of sp³-hybridized carbons (Fsp3) is 0.111. The Kier molecular flexibility index (Phi) is 2.23. The van der Waals surface area contributed by atoms with Gasteiger partial charge in [-0.15, -0.1) is 0 Å². The quantitative estimate of drug-likeness (QED) is 0.555. The van der Waals surface area contributed by atoms with Crippen LogP contribution >= 0.6 is 11.6 Å². The molecule has 0 unspecified atom stereocenters. The molecule has 0 spiro atoms. The van der Waals surface area contributed by atoms with Crippen molar-refractivity contribution >= 4 is 28.5 Å². The lowest BCUT2D eigenvalue weighted by Gasteiger charge is -2.04. The van der Waals surface area contributed by atoms with Crippen LogP contribution in [0, 0.1) is 6.92 Å². The normalized spacial score (nSPS) is 10.5. The molecule has 0 radical (unpaired) electrons.